The Bertz CT molecular complexity index is 714. The van der Waals surface area contributed by atoms with Crippen molar-refractivity contribution in [3.8, 4) is 0 Å². The lowest BCUT2D eigenvalue weighted by molar-refractivity contribution is -0.124. The van der Waals surface area contributed by atoms with Crippen LogP contribution in [0.3, 0.4) is 0 Å². The predicted octanol–water partition coefficient (Wildman–Crippen LogP) is 1.13. The molecule has 1 heterocycles. The molecule has 0 bridgehead atoms. The molecule has 138 valence electrons. The summed E-state index contributed by atoms with van der Waals surface area (Å²) in [6, 6.07) is 3.86. The predicted molar refractivity (Wildman–Crippen MR) is 81.9 cm³/mol. The van der Waals surface area contributed by atoms with Crippen molar-refractivity contribution in [2.75, 3.05) is 19.8 Å². The van der Waals surface area contributed by atoms with Crippen LogP contribution in [0.15, 0.2) is 29.2 Å². The van der Waals surface area contributed by atoms with Crippen molar-refractivity contribution < 1.29 is 36.3 Å². The Morgan fingerprint density at radius 2 is 1.96 bits per heavy atom. The maximum atomic E-state index is 12.4. The summed E-state index contributed by atoms with van der Waals surface area (Å²) in [7, 11) is -4.72. The van der Waals surface area contributed by atoms with Crippen LogP contribution in [0.1, 0.15) is 23.2 Å². The maximum Gasteiger partial charge on any atom is 0.341 e. The number of halogens is 2. The number of hydrogen-bond donors (Lipinski definition) is 1. The van der Waals surface area contributed by atoms with Gasteiger partial charge in [-0.05, 0) is 37.1 Å². The van der Waals surface area contributed by atoms with Crippen LogP contribution in [0.25, 0.3) is 0 Å². The van der Waals surface area contributed by atoms with Crippen LogP contribution in [-0.2, 0) is 24.1 Å². The topological polar surface area (TPSA) is 98.8 Å². The first kappa shape index (κ1) is 19.3. The molecule has 1 N–H and O–H groups in total. The van der Waals surface area contributed by atoms with Crippen LogP contribution >= 0.6 is 0 Å². The third-order valence-corrected chi connectivity index (χ3v) is 4.94. The average molecular weight is 377 g/mol. The van der Waals surface area contributed by atoms with Gasteiger partial charge in [0.2, 0.25) is 9.84 Å². The van der Waals surface area contributed by atoms with E-state index in [2.05, 4.69) is 5.32 Å². The van der Waals surface area contributed by atoms with E-state index in [1.54, 1.807) is 0 Å². The van der Waals surface area contributed by atoms with E-state index in [0.29, 0.717) is 13.2 Å². The summed E-state index contributed by atoms with van der Waals surface area (Å²) < 4.78 is 57.5. The zero-order chi connectivity index (χ0) is 18.4. The molecule has 0 aliphatic carbocycles. The molecule has 1 aliphatic rings. The van der Waals surface area contributed by atoms with Gasteiger partial charge in [0.25, 0.3) is 5.91 Å². The highest BCUT2D eigenvalue weighted by Crippen LogP contribution is 2.18. The molecule has 0 saturated carbocycles. The van der Waals surface area contributed by atoms with Crippen LogP contribution in [0, 0.1) is 0 Å². The molecular formula is C15H17F2NO6S. The molecule has 1 aliphatic heterocycles. The summed E-state index contributed by atoms with van der Waals surface area (Å²) in [5.74, 6) is -4.91. The molecular weight excluding hydrogens is 360 g/mol. The summed E-state index contributed by atoms with van der Waals surface area (Å²) in [5, 5.41) is 2.57. The Kier molecular flexibility index (Phi) is 6.43. The fourth-order valence-electron chi connectivity index (χ4n) is 2.18. The third-order valence-electron chi connectivity index (χ3n) is 3.54. The first-order valence-corrected chi connectivity index (χ1v) is 9.03. The van der Waals surface area contributed by atoms with Crippen LogP contribution in [0.5, 0.6) is 0 Å². The normalized spacial score (nSPS) is 17.5. The van der Waals surface area contributed by atoms with E-state index in [1.165, 1.54) is 0 Å². The van der Waals surface area contributed by atoms with E-state index in [4.69, 9.17) is 9.47 Å². The van der Waals surface area contributed by atoms with Gasteiger partial charge in [-0.1, -0.05) is 0 Å². The van der Waals surface area contributed by atoms with Crippen molar-refractivity contribution in [1.82, 2.24) is 5.32 Å². The molecule has 1 aromatic carbocycles. The van der Waals surface area contributed by atoms with Crippen LogP contribution in [-0.4, -0.2) is 51.9 Å². The molecule has 1 amide bonds. The second kappa shape index (κ2) is 8.34. The number of benzene rings is 1. The standard InChI is InChI=1S/C15H17F2NO6S/c16-15(17)25(21,22)12-5-3-10(4-6-12)14(20)24-9-13(19)18-8-11-2-1-7-23-11/h3-6,11,15H,1-2,7-9H2,(H,18,19)/t11-/m1/s1. The van der Waals surface area contributed by atoms with E-state index in [-0.39, 0.29) is 11.7 Å². The lowest BCUT2D eigenvalue weighted by atomic mass is 10.2. The molecule has 0 radical (unpaired) electrons. The highest BCUT2D eigenvalue weighted by atomic mass is 32.2. The Morgan fingerprint density at radius 1 is 1.28 bits per heavy atom. The van der Waals surface area contributed by atoms with Gasteiger partial charge in [-0.25, -0.2) is 13.2 Å². The lowest BCUT2D eigenvalue weighted by Gasteiger charge is -2.11. The number of rotatable bonds is 7. The lowest BCUT2D eigenvalue weighted by Crippen LogP contribution is -2.34. The molecule has 1 atom stereocenters. The van der Waals surface area contributed by atoms with Gasteiger partial charge < -0.3 is 14.8 Å². The summed E-state index contributed by atoms with van der Waals surface area (Å²) in [6.45, 7) is 0.478. The summed E-state index contributed by atoms with van der Waals surface area (Å²) in [4.78, 5) is 22.8. The van der Waals surface area contributed by atoms with E-state index in [0.717, 1.165) is 37.1 Å². The molecule has 7 nitrogen and oxygen atoms in total. The van der Waals surface area contributed by atoms with Gasteiger partial charge in [-0.3, -0.25) is 4.79 Å². The fraction of sp³-hybridized carbons (Fsp3) is 0.467. The first-order valence-electron chi connectivity index (χ1n) is 7.48. The van der Waals surface area contributed by atoms with E-state index in [9.17, 15) is 26.8 Å². The minimum atomic E-state index is -4.72. The summed E-state index contributed by atoms with van der Waals surface area (Å²) in [5.41, 5.74) is -0.0554. The van der Waals surface area contributed by atoms with Gasteiger partial charge in [0.05, 0.1) is 16.6 Å². The van der Waals surface area contributed by atoms with Crippen LogP contribution < -0.4 is 5.32 Å². The molecule has 1 saturated heterocycles. The Labute approximate surface area is 143 Å². The summed E-state index contributed by atoms with van der Waals surface area (Å²) >= 11 is 0. The van der Waals surface area contributed by atoms with Gasteiger partial charge in [-0.2, -0.15) is 8.78 Å². The molecule has 1 fully saturated rings. The summed E-state index contributed by atoms with van der Waals surface area (Å²) in [6.07, 6.45) is 1.75. The molecule has 10 heteroatoms. The van der Waals surface area contributed by atoms with E-state index < -0.39 is 39.0 Å². The van der Waals surface area contributed by atoms with Crippen molar-refractivity contribution in [2.24, 2.45) is 0 Å². The average Bonchev–Trinajstić information content (AvgIpc) is 3.11. The maximum absolute atomic E-state index is 12.4. The molecule has 2 rings (SSSR count). The largest absolute Gasteiger partial charge is 0.452 e. The minimum Gasteiger partial charge on any atom is -0.452 e. The van der Waals surface area contributed by atoms with Gasteiger partial charge in [0.1, 0.15) is 0 Å². The number of sulfone groups is 1. The van der Waals surface area contributed by atoms with Crippen molar-refractivity contribution in [1.29, 1.82) is 0 Å². The SMILES string of the molecule is O=C(COC(=O)c1ccc(S(=O)(=O)C(F)F)cc1)NC[C@H]1CCCO1. The third kappa shape index (κ3) is 5.20. The molecule has 1 aromatic rings. The first-order chi connectivity index (χ1) is 11.8. The van der Waals surface area contributed by atoms with E-state index in [1.807, 2.05) is 0 Å². The van der Waals surface area contributed by atoms with Crippen molar-refractivity contribution in [3.05, 3.63) is 29.8 Å². The number of ether oxygens (including phenoxy) is 2. The molecule has 25 heavy (non-hydrogen) atoms. The minimum absolute atomic E-state index is 0.0380. The van der Waals surface area contributed by atoms with Gasteiger partial charge in [0, 0.05) is 13.2 Å². The van der Waals surface area contributed by atoms with Crippen molar-refractivity contribution >= 4 is 21.7 Å². The number of amides is 1. The quantitative estimate of drug-likeness (QED) is 0.716. The Balaban J connectivity index is 1.83. The zero-order valence-corrected chi connectivity index (χ0v) is 13.9. The van der Waals surface area contributed by atoms with E-state index >= 15 is 0 Å². The second-order valence-corrected chi connectivity index (χ2v) is 7.26. The van der Waals surface area contributed by atoms with Gasteiger partial charge in [-0.15, -0.1) is 0 Å². The molecule has 0 aromatic heterocycles. The number of esters is 1. The van der Waals surface area contributed by atoms with Crippen molar-refractivity contribution in [3.63, 3.8) is 0 Å². The molecule has 0 unspecified atom stereocenters. The number of hydrogen-bond acceptors (Lipinski definition) is 6. The zero-order valence-electron chi connectivity index (χ0n) is 13.1. The second-order valence-electron chi connectivity index (χ2n) is 5.35. The number of alkyl halides is 2. The van der Waals surface area contributed by atoms with Gasteiger partial charge >= 0.3 is 11.7 Å². The Morgan fingerprint density at radius 3 is 2.52 bits per heavy atom. The highest BCUT2D eigenvalue weighted by molar-refractivity contribution is 7.91. The number of carbonyl (C=O) groups is 2. The highest BCUT2D eigenvalue weighted by Gasteiger charge is 2.26. The number of nitrogens with one attached hydrogen (secondary N) is 1. The van der Waals surface area contributed by atoms with Crippen LogP contribution in [0.4, 0.5) is 8.78 Å². The molecule has 0 spiro atoms. The number of carbonyl (C=O) groups excluding carboxylic acids is 2. The van der Waals surface area contributed by atoms with Crippen LogP contribution in [0.2, 0.25) is 0 Å². The Hall–Kier alpha value is -2.07. The monoisotopic (exact) mass is 377 g/mol. The fourth-order valence-corrected chi connectivity index (χ4v) is 2.90. The van der Waals surface area contributed by atoms with Gasteiger partial charge in [0.15, 0.2) is 6.61 Å². The smallest absolute Gasteiger partial charge is 0.341 e. The van der Waals surface area contributed by atoms with Crippen molar-refractivity contribution in [2.45, 2.75) is 29.6 Å².